The van der Waals surface area contributed by atoms with Crippen molar-refractivity contribution in [3.63, 3.8) is 0 Å². The Hall–Kier alpha value is -0.333. The van der Waals surface area contributed by atoms with E-state index in [1.807, 2.05) is 0 Å². The molecule has 0 nitrogen and oxygen atoms in total. The molecule has 0 aliphatic rings. The molecular weight excluding hydrogens is 290 g/mol. The number of rotatable bonds is 2. The zero-order valence-electron chi connectivity index (χ0n) is 7.85. The number of hydrogen-bond donors (Lipinski definition) is 0. The SMILES string of the molecule is C[Si](Cl)(Cl)Cc1c(F)c(F)c(F)c(F)c1F. The van der Waals surface area contributed by atoms with Crippen LogP contribution >= 0.6 is 22.2 Å². The molecule has 0 atom stereocenters. The highest BCUT2D eigenvalue weighted by molar-refractivity contribution is 7.44. The van der Waals surface area contributed by atoms with Crippen molar-refractivity contribution in [2.45, 2.75) is 12.6 Å². The first kappa shape index (κ1) is 13.7. The standard InChI is InChI=1S/C8H5Cl2F5Si/c1-16(9,10)2-3-4(11)6(13)8(15)7(14)5(3)12/h2H2,1H3. The summed E-state index contributed by atoms with van der Waals surface area (Å²) in [7, 11) is 0. The average Bonchev–Trinajstić information content (AvgIpc) is 2.17. The Labute approximate surface area is 98.4 Å². The van der Waals surface area contributed by atoms with E-state index >= 15 is 0 Å². The predicted octanol–water partition coefficient (Wildman–Crippen LogP) is 4.01. The third-order valence-electron chi connectivity index (χ3n) is 1.79. The van der Waals surface area contributed by atoms with Crippen LogP contribution in [0.2, 0.25) is 6.55 Å². The van der Waals surface area contributed by atoms with E-state index in [-0.39, 0.29) is 0 Å². The fourth-order valence-electron chi connectivity index (χ4n) is 1.12. The Balaban J connectivity index is 3.40. The van der Waals surface area contributed by atoms with Gasteiger partial charge in [0.25, 0.3) is 6.69 Å². The van der Waals surface area contributed by atoms with E-state index in [0.29, 0.717) is 0 Å². The van der Waals surface area contributed by atoms with E-state index in [1.165, 1.54) is 6.55 Å². The van der Waals surface area contributed by atoms with Crippen LogP contribution in [-0.4, -0.2) is 6.69 Å². The van der Waals surface area contributed by atoms with Gasteiger partial charge in [0.05, 0.1) is 0 Å². The van der Waals surface area contributed by atoms with Crippen molar-refractivity contribution in [3.8, 4) is 0 Å². The van der Waals surface area contributed by atoms with Gasteiger partial charge in [0, 0.05) is 11.6 Å². The molecule has 1 aromatic rings. The van der Waals surface area contributed by atoms with Crippen LogP contribution in [0.1, 0.15) is 5.56 Å². The topological polar surface area (TPSA) is 0 Å². The summed E-state index contributed by atoms with van der Waals surface area (Å²) < 4.78 is 64.4. The van der Waals surface area contributed by atoms with Gasteiger partial charge < -0.3 is 0 Å². The van der Waals surface area contributed by atoms with E-state index in [9.17, 15) is 22.0 Å². The highest BCUT2D eigenvalue weighted by atomic mass is 35.7. The van der Waals surface area contributed by atoms with Gasteiger partial charge in [0.15, 0.2) is 23.3 Å². The van der Waals surface area contributed by atoms with Gasteiger partial charge in [0.1, 0.15) is 0 Å². The van der Waals surface area contributed by atoms with Crippen LogP contribution in [0.25, 0.3) is 0 Å². The maximum absolute atomic E-state index is 13.1. The fraction of sp³-hybridized carbons (Fsp3) is 0.250. The van der Waals surface area contributed by atoms with Gasteiger partial charge in [-0.05, 0) is 6.55 Å². The van der Waals surface area contributed by atoms with Gasteiger partial charge in [0.2, 0.25) is 5.82 Å². The quantitative estimate of drug-likeness (QED) is 0.254. The van der Waals surface area contributed by atoms with E-state index in [1.54, 1.807) is 0 Å². The van der Waals surface area contributed by atoms with Crippen LogP contribution in [0.3, 0.4) is 0 Å². The molecule has 0 heterocycles. The van der Waals surface area contributed by atoms with Gasteiger partial charge in [-0.25, -0.2) is 22.0 Å². The van der Waals surface area contributed by atoms with Crippen molar-refractivity contribution >= 4 is 28.9 Å². The molecule has 0 aliphatic carbocycles. The monoisotopic (exact) mass is 294 g/mol. The van der Waals surface area contributed by atoms with Crippen LogP contribution < -0.4 is 0 Å². The summed E-state index contributed by atoms with van der Waals surface area (Å²) >= 11 is 11.2. The molecule has 0 fully saturated rings. The summed E-state index contributed by atoms with van der Waals surface area (Å²) in [6, 6.07) is -0.554. The Kier molecular flexibility index (Phi) is 3.86. The van der Waals surface area contributed by atoms with Crippen molar-refractivity contribution in [2.75, 3.05) is 0 Å². The minimum absolute atomic E-state index is 0.554. The van der Waals surface area contributed by atoms with E-state index in [2.05, 4.69) is 0 Å². The Morgan fingerprint density at radius 1 is 0.812 bits per heavy atom. The lowest BCUT2D eigenvalue weighted by Crippen LogP contribution is -2.21. The summed E-state index contributed by atoms with van der Waals surface area (Å²) in [6.45, 7) is -1.70. The van der Waals surface area contributed by atoms with Crippen LogP contribution in [0.4, 0.5) is 22.0 Å². The van der Waals surface area contributed by atoms with Gasteiger partial charge >= 0.3 is 0 Å². The lowest BCUT2D eigenvalue weighted by molar-refractivity contribution is 0.372. The van der Waals surface area contributed by atoms with Crippen molar-refractivity contribution < 1.29 is 22.0 Å². The van der Waals surface area contributed by atoms with Crippen molar-refractivity contribution in [1.82, 2.24) is 0 Å². The predicted molar refractivity (Wildman–Crippen MR) is 53.3 cm³/mol. The van der Waals surface area contributed by atoms with Gasteiger partial charge in [-0.2, -0.15) is 0 Å². The number of halogens is 7. The molecule has 0 radical (unpaired) electrons. The van der Waals surface area contributed by atoms with Crippen LogP contribution in [-0.2, 0) is 6.04 Å². The fourth-order valence-corrected chi connectivity index (χ4v) is 2.85. The molecule has 0 saturated heterocycles. The largest absolute Gasteiger partial charge is 0.252 e. The van der Waals surface area contributed by atoms with Crippen molar-refractivity contribution in [2.24, 2.45) is 0 Å². The Morgan fingerprint density at radius 3 is 1.44 bits per heavy atom. The maximum Gasteiger partial charge on any atom is 0.252 e. The van der Waals surface area contributed by atoms with Gasteiger partial charge in [-0.1, -0.05) is 0 Å². The molecule has 0 N–H and O–H groups in total. The molecule has 0 spiro atoms. The second kappa shape index (κ2) is 4.50. The molecule has 0 bridgehead atoms. The van der Waals surface area contributed by atoms with E-state index in [4.69, 9.17) is 22.2 Å². The van der Waals surface area contributed by atoms with Crippen LogP contribution in [0.5, 0.6) is 0 Å². The highest BCUT2D eigenvalue weighted by Gasteiger charge is 2.31. The third kappa shape index (κ3) is 2.67. The van der Waals surface area contributed by atoms with Gasteiger partial charge in [-0.3, -0.25) is 0 Å². The van der Waals surface area contributed by atoms with Crippen molar-refractivity contribution in [1.29, 1.82) is 0 Å². The van der Waals surface area contributed by atoms with E-state index < -0.39 is 47.4 Å². The first-order valence-corrected chi connectivity index (χ1v) is 8.76. The van der Waals surface area contributed by atoms with Crippen molar-refractivity contribution in [3.05, 3.63) is 34.6 Å². The lowest BCUT2D eigenvalue weighted by Gasteiger charge is -2.13. The molecule has 0 aliphatic heterocycles. The summed E-state index contributed by atoms with van der Waals surface area (Å²) in [5.74, 6) is -9.92. The van der Waals surface area contributed by atoms with Crippen LogP contribution in [0, 0.1) is 29.1 Å². The summed E-state index contributed by atoms with van der Waals surface area (Å²) in [4.78, 5) is 0. The number of hydrogen-bond acceptors (Lipinski definition) is 0. The Morgan fingerprint density at radius 2 is 1.12 bits per heavy atom. The summed E-state index contributed by atoms with van der Waals surface area (Å²) in [5, 5.41) is 0. The first-order chi connectivity index (χ1) is 7.15. The molecular formula is C8H5Cl2F5Si. The zero-order chi connectivity index (χ0) is 12.7. The normalized spacial score (nSPS) is 12.0. The molecule has 8 heteroatoms. The highest BCUT2D eigenvalue weighted by Crippen LogP contribution is 2.28. The molecule has 16 heavy (non-hydrogen) atoms. The molecule has 90 valence electrons. The van der Waals surface area contributed by atoms with Crippen LogP contribution in [0.15, 0.2) is 0 Å². The summed E-state index contributed by atoms with van der Waals surface area (Å²) in [5.41, 5.74) is -0.962. The van der Waals surface area contributed by atoms with E-state index in [0.717, 1.165) is 0 Å². The molecule has 0 unspecified atom stereocenters. The maximum atomic E-state index is 13.1. The average molecular weight is 295 g/mol. The molecule has 0 aromatic heterocycles. The smallest absolute Gasteiger partial charge is 0.203 e. The summed E-state index contributed by atoms with van der Waals surface area (Å²) in [6.07, 6.45) is 0. The molecule has 0 saturated carbocycles. The second-order valence-electron chi connectivity index (χ2n) is 3.30. The first-order valence-electron chi connectivity index (χ1n) is 4.03. The minimum Gasteiger partial charge on any atom is -0.203 e. The van der Waals surface area contributed by atoms with Gasteiger partial charge in [-0.15, -0.1) is 22.2 Å². The minimum atomic E-state index is -3.02. The lowest BCUT2D eigenvalue weighted by atomic mass is 10.2. The third-order valence-corrected chi connectivity index (χ3v) is 3.56. The number of benzene rings is 1. The Bertz CT molecular complexity index is 400. The second-order valence-corrected chi connectivity index (χ2v) is 11.4. The molecule has 1 rings (SSSR count). The molecule has 0 amide bonds. The zero-order valence-corrected chi connectivity index (χ0v) is 10.4. The molecule has 1 aromatic carbocycles.